The van der Waals surface area contributed by atoms with Crippen molar-refractivity contribution in [3.63, 3.8) is 0 Å². The molecular weight excluding hydrogens is 174 g/mol. The van der Waals surface area contributed by atoms with Crippen molar-refractivity contribution in [3.8, 4) is 0 Å². The Hall–Kier alpha value is 0.950. The van der Waals surface area contributed by atoms with Crippen LogP contribution in [0.25, 0.3) is 0 Å². The Morgan fingerprint density at radius 3 is 2.22 bits per heavy atom. The maximum absolute atomic E-state index is 2.44. The molecule has 1 saturated heterocycles. The maximum atomic E-state index is 2.44. The molecule has 0 radical (unpaired) electrons. The second kappa shape index (κ2) is 5.71. The summed E-state index contributed by atoms with van der Waals surface area (Å²) in [5, 5.41) is 1.29. The largest absolute Gasteiger partial charge is 0.285 e. The van der Waals surface area contributed by atoms with Crippen LogP contribution in [0.5, 0.6) is 0 Å². The zero-order chi connectivity index (χ0) is 5.82. The second-order valence-electron chi connectivity index (χ2n) is 1.77. The normalized spacial score (nSPS) is 21.0. The Morgan fingerprint density at radius 2 is 1.89 bits per heavy atom. The topological polar surface area (TPSA) is 3.24 Å². The molecule has 0 saturated carbocycles. The average Bonchev–Trinajstić information content (AvgIpc) is 1.90. The first-order chi connectivity index (χ1) is 3.93. The highest BCUT2D eigenvalue weighted by atomic mass is 35.5. The molecule has 0 N–H and O–H groups in total. The van der Waals surface area contributed by atoms with E-state index in [1.165, 1.54) is 23.4 Å². The molecule has 9 heavy (non-hydrogen) atoms. The summed E-state index contributed by atoms with van der Waals surface area (Å²) in [6, 6.07) is 0. The highest BCUT2D eigenvalue weighted by molar-refractivity contribution is 8.16. The highest BCUT2D eigenvalue weighted by Gasteiger charge is 2.06. The van der Waals surface area contributed by atoms with Crippen LogP contribution in [0.15, 0.2) is 0 Å². The van der Waals surface area contributed by atoms with Gasteiger partial charge in [-0.25, -0.2) is 0 Å². The summed E-state index contributed by atoms with van der Waals surface area (Å²) in [6.45, 7) is 3.42. The van der Waals surface area contributed by atoms with Crippen LogP contribution in [0.2, 0.25) is 0 Å². The zero-order valence-electron chi connectivity index (χ0n) is 5.50. The summed E-state index contributed by atoms with van der Waals surface area (Å²) < 4.78 is 0. The smallest absolute Gasteiger partial charge is 0.0460 e. The van der Waals surface area contributed by atoms with E-state index in [1.807, 2.05) is 23.5 Å². The van der Waals surface area contributed by atoms with Crippen LogP contribution >= 0.6 is 35.9 Å². The van der Waals surface area contributed by atoms with Crippen molar-refractivity contribution in [1.82, 2.24) is 4.90 Å². The maximum Gasteiger partial charge on any atom is 0.0460 e. The lowest BCUT2D eigenvalue weighted by Crippen LogP contribution is -2.25. The van der Waals surface area contributed by atoms with E-state index in [0.29, 0.717) is 0 Å². The van der Waals surface area contributed by atoms with Crippen molar-refractivity contribution in [2.45, 2.75) is 6.92 Å². The van der Waals surface area contributed by atoms with Crippen molar-refractivity contribution in [2.24, 2.45) is 0 Å². The number of halogens is 1. The van der Waals surface area contributed by atoms with Crippen molar-refractivity contribution < 1.29 is 0 Å². The van der Waals surface area contributed by atoms with Crippen LogP contribution in [0.4, 0.5) is 0 Å². The van der Waals surface area contributed by atoms with E-state index < -0.39 is 0 Å². The zero-order valence-corrected chi connectivity index (χ0v) is 7.95. The van der Waals surface area contributed by atoms with Crippen LogP contribution in [-0.2, 0) is 0 Å². The van der Waals surface area contributed by atoms with Gasteiger partial charge in [0.25, 0.3) is 0 Å². The predicted molar refractivity (Wildman–Crippen MR) is 49.4 cm³/mol. The molecule has 0 aromatic carbocycles. The molecule has 56 valence electrons. The van der Waals surface area contributed by atoms with Gasteiger partial charge in [-0.3, -0.25) is 4.90 Å². The molecule has 0 atom stereocenters. The minimum Gasteiger partial charge on any atom is -0.285 e. The lowest BCUT2D eigenvalue weighted by atomic mass is 10.7. The predicted octanol–water partition coefficient (Wildman–Crippen LogP) is 2.08. The van der Waals surface area contributed by atoms with Gasteiger partial charge in [-0.15, -0.1) is 35.9 Å². The molecule has 1 aliphatic heterocycles. The van der Waals surface area contributed by atoms with Crippen molar-refractivity contribution in [2.75, 3.05) is 23.4 Å². The van der Waals surface area contributed by atoms with Crippen LogP contribution in [-0.4, -0.2) is 28.3 Å². The number of rotatable bonds is 1. The van der Waals surface area contributed by atoms with Gasteiger partial charge in [-0.05, 0) is 6.54 Å². The van der Waals surface area contributed by atoms with Gasteiger partial charge in [0.1, 0.15) is 0 Å². The molecular formula is C5H12ClNS2. The molecule has 0 aliphatic carbocycles. The lowest BCUT2D eigenvalue weighted by Gasteiger charge is -2.23. The summed E-state index contributed by atoms with van der Waals surface area (Å²) in [6.07, 6.45) is 0. The van der Waals surface area contributed by atoms with E-state index in [0.717, 1.165) is 0 Å². The van der Waals surface area contributed by atoms with Gasteiger partial charge >= 0.3 is 0 Å². The van der Waals surface area contributed by atoms with E-state index >= 15 is 0 Å². The first-order valence-electron chi connectivity index (χ1n) is 2.81. The van der Waals surface area contributed by atoms with Crippen LogP contribution in [0, 0.1) is 0 Å². The molecule has 1 nitrogen and oxygen atoms in total. The summed E-state index contributed by atoms with van der Waals surface area (Å²) >= 11 is 4.03. The number of nitrogens with zero attached hydrogens (tertiary/aromatic N) is 1. The molecule has 1 rings (SSSR count). The van der Waals surface area contributed by atoms with Gasteiger partial charge < -0.3 is 0 Å². The first-order valence-corrected chi connectivity index (χ1v) is 5.12. The number of hydrogen-bond donors (Lipinski definition) is 0. The quantitative estimate of drug-likeness (QED) is 0.616. The molecule has 1 fully saturated rings. The van der Waals surface area contributed by atoms with Gasteiger partial charge in [0.15, 0.2) is 0 Å². The average molecular weight is 186 g/mol. The van der Waals surface area contributed by atoms with E-state index in [4.69, 9.17) is 0 Å². The Labute approximate surface area is 71.4 Å². The fourth-order valence-electron chi connectivity index (χ4n) is 0.612. The Balaban J connectivity index is 0.000000640. The molecule has 1 heterocycles. The van der Waals surface area contributed by atoms with Crippen molar-refractivity contribution in [1.29, 1.82) is 0 Å². The number of thioether (sulfide) groups is 2. The van der Waals surface area contributed by atoms with Gasteiger partial charge in [-0.2, -0.15) is 0 Å². The third-order valence-electron chi connectivity index (χ3n) is 1.16. The summed E-state index contributed by atoms with van der Waals surface area (Å²) in [5.74, 6) is 2.48. The molecule has 0 amide bonds. The van der Waals surface area contributed by atoms with Crippen LogP contribution in [0.3, 0.4) is 0 Å². The molecule has 1 aliphatic rings. The Kier molecular flexibility index (Phi) is 6.32. The van der Waals surface area contributed by atoms with Gasteiger partial charge in [0.2, 0.25) is 0 Å². The standard InChI is InChI=1S/C5H11NS2.ClH/c1-2-6-3-7-5-8-4-6;/h2-5H2,1H3;1H. The summed E-state index contributed by atoms with van der Waals surface area (Å²) in [4.78, 5) is 2.44. The second-order valence-corrected chi connectivity index (χ2v) is 4.05. The van der Waals surface area contributed by atoms with Crippen molar-refractivity contribution >= 4 is 35.9 Å². The first kappa shape index (κ1) is 9.95. The van der Waals surface area contributed by atoms with E-state index in [2.05, 4.69) is 11.8 Å². The van der Waals surface area contributed by atoms with Crippen LogP contribution < -0.4 is 0 Å². The molecule has 0 aromatic heterocycles. The third kappa shape index (κ3) is 3.61. The van der Waals surface area contributed by atoms with Gasteiger partial charge in [0, 0.05) is 16.8 Å². The Morgan fingerprint density at radius 1 is 1.33 bits per heavy atom. The van der Waals surface area contributed by atoms with Gasteiger partial charge in [0.05, 0.1) is 0 Å². The molecule has 4 heteroatoms. The SMILES string of the molecule is CCN1CSCSC1.Cl. The minimum absolute atomic E-state index is 0. The fourth-order valence-corrected chi connectivity index (χ4v) is 2.86. The Bertz CT molecular complexity index is 66.0. The molecule has 0 spiro atoms. The molecule has 0 aromatic rings. The molecule has 0 bridgehead atoms. The monoisotopic (exact) mass is 185 g/mol. The molecule has 0 unspecified atom stereocenters. The highest BCUT2D eigenvalue weighted by Crippen LogP contribution is 2.20. The third-order valence-corrected chi connectivity index (χ3v) is 3.59. The summed E-state index contributed by atoms with van der Waals surface area (Å²) in [7, 11) is 0. The van der Waals surface area contributed by atoms with E-state index in [9.17, 15) is 0 Å². The van der Waals surface area contributed by atoms with Crippen molar-refractivity contribution in [3.05, 3.63) is 0 Å². The lowest BCUT2D eigenvalue weighted by molar-refractivity contribution is 0.398. The fraction of sp³-hybridized carbons (Fsp3) is 1.00. The summed E-state index contributed by atoms with van der Waals surface area (Å²) in [5.41, 5.74) is 0. The minimum atomic E-state index is 0. The van der Waals surface area contributed by atoms with E-state index in [1.54, 1.807) is 0 Å². The van der Waals surface area contributed by atoms with Crippen LogP contribution in [0.1, 0.15) is 6.92 Å². The van der Waals surface area contributed by atoms with E-state index in [-0.39, 0.29) is 12.4 Å². The van der Waals surface area contributed by atoms with Gasteiger partial charge in [-0.1, -0.05) is 6.92 Å². The number of hydrogen-bond acceptors (Lipinski definition) is 3.